The maximum Gasteiger partial charge on any atom is 0.351 e. The first-order valence-electron chi connectivity index (χ1n) is 12.4. The molecule has 0 radical (unpaired) electrons. The molecule has 3 aromatic carbocycles. The predicted molar refractivity (Wildman–Crippen MR) is 141 cm³/mol. The second-order valence-corrected chi connectivity index (χ2v) is 8.97. The average molecular weight is 496 g/mol. The summed E-state index contributed by atoms with van der Waals surface area (Å²) in [5, 5.41) is 18.6. The van der Waals surface area contributed by atoms with Crippen molar-refractivity contribution >= 4 is 0 Å². The molecule has 0 aliphatic rings. The van der Waals surface area contributed by atoms with Crippen molar-refractivity contribution in [1.82, 2.24) is 35.0 Å². The molecule has 9 nitrogen and oxygen atoms in total. The zero-order valence-corrected chi connectivity index (χ0v) is 21.0. The third kappa shape index (κ3) is 5.50. The third-order valence-corrected chi connectivity index (χ3v) is 6.28. The fraction of sp³-hybridized carbons (Fsp3) is 0.250. The van der Waals surface area contributed by atoms with Crippen LogP contribution in [0.1, 0.15) is 42.3 Å². The van der Waals surface area contributed by atoms with E-state index in [-0.39, 0.29) is 5.69 Å². The Labute approximate surface area is 214 Å². The summed E-state index contributed by atoms with van der Waals surface area (Å²) in [4.78, 5) is 13.4. The lowest BCUT2D eigenvalue weighted by molar-refractivity contribution is 0.306. The molecule has 188 valence electrons. The Morgan fingerprint density at radius 3 is 2.41 bits per heavy atom. The largest absolute Gasteiger partial charge is 0.489 e. The Hall–Kier alpha value is -4.53. The molecule has 1 N–H and O–H groups in total. The highest BCUT2D eigenvalue weighted by molar-refractivity contribution is 5.54. The van der Waals surface area contributed by atoms with Gasteiger partial charge in [0, 0.05) is 12.0 Å². The van der Waals surface area contributed by atoms with Crippen molar-refractivity contribution < 1.29 is 4.74 Å². The molecule has 0 spiro atoms. The topological polar surface area (TPSA) is 104 Å². The molecule has 0 aliphatic carbocycles. The quantitative estimate of drug-likeness (QED) is 0.306. The predicted octanol–water partition coefficient (Wildman–Crippen LogP) is 4.49. The van der Waals surface area contributed by atoms with E-state index in [0.717, 1.165) is 58.8 Å². The number of aromatic amines is 1. The number of tetrazole rings is 1. The molecule has 0 saturated heterocycles. The van der Waals surface area contributed by atoms with Gasteiger partial charge >= 0.3 is 5.69 Å². The minimum Gasteiger partial charge on any atom is -0.489 e. The molecule has 0 saturated carbocycles. The van der Waals surface area contributed by atoms with Crippen LogP contribution < -0.4 is 10.4 Å². The van der Waals surface area contributed by atoms with Crippen molar-refractivity contribution in [3.05, 3.63) is 106 Å². The Kier molecular flexibility index (Phi) is 7.21. The number of nitrogens with zero attached hydrogens (tertiary/aromatic N) is 6. The Balaban J connectivity index is 1.28. The summed E-state index contributed by atoms with van der Waals surface area (Å²) < 4.78 is 9.28. The minimum atomic E-state index is -0.120. The fourth-order valence-electron chi connectivity index (χ4n) is 4.15. The van der Waals surface area contributed by atoms with Gasteiger partial charge in [-0.1, -0.05) is 67.9 Å². The molecule has 0 amide bonds. The van der Waals surface area contributed by atoms with E-state index >= 15 is 0 Å². The van der Waals surface area contributed by atoms with E-state index < -0.39 is 0 Å². The van der Waals surface area contributed by atoms with Gasteiger partial charge in [-0.2, -0.15) is 4.68 Å². The van der Waals surface area contributed by atoms with Gasteiger partial charge in [-0.15, -0.1) is 10.2 Å². The molecule has 0 bridgehead atoms. The van der Waals surface area contributed by atoms with E-state index in [0.29, 0.717) is 19.0 Å². The Morgan fingerprint density at radius 2 is 1.70 bits per heavy atom. The van der Waals surface area contributed by atoms with E-state index in [2.05, 4.69) is 27.5 Å². The van der Waals surface area contributed by atoms with Gasteiger partial charge in [-0.25, -0.2) is 9.89 Å². The van der Waals surface area contributed by atoms with Gasteiger partial charge in [0.05, 0.1) is 12.2 Å². The number of nitrogens with one attached hydrogen (secondary N) is 1. The average Bonchev–Trinajstić information content (AvgIpc) is 3.57. The van der Waals surface area contributed by atoms with Crippen LogP contribution >= 0.6 is 0 Å². The van der Waals surface area contributed by atoms with Crippen LogP contribution in [0.2, 0.25) is 0 Å². The van der Waals surface area contributed by atoms with Gasteiger partial charge < -0.3 is 4.74 Å². The minimum absolute atomic E-state index is 0.120. The monoisotopic (exact) mass is 495 g/mol. The summed E-state index contributed by atoms with van der Waals surface area (Å²) in [6, 6.07) is 23.6. The van der Waals surface area contributed by atoms with Crippen LogP contribution in [0.5, 0.6) is 5.75 Å². The lowest BCUT2D eigenvalue weighted by Crippen LogP contribution is -2.25. The summed E-state index contributed by atoms with van der Waals surface area (Å²) in [6.07, 6.45) is 2.78. The van der Waals surface area contributed by atoms with Crippen molar-refractivity contribution in [1.29, 1.82) is 0 Å². The molecule has 0 unspecified atom stereocenters. The number of unbranched alkanes of at least 4 members (excludes halogenated alkanes) is 1. The molecule has 5 aromatic rings. The number of hydrogen-bond donors (Lipinski definition) is 1. The van der Waals surface area contributed by atoms with E-state index in [9.17, 15) is 4.79 Å². The number of benzene rings is 3. The van der Waals surface area contributed by atoms with Crippen molar-refractivity contribution in [2.45, 2.75) is 46.3 Å². The SMILES string of the molecule is CCCCc1nn(-c2ccccc2C)c(=O)n1Cc1ccc(OCc2ccc(-c3nnn[nH]3)cc2)cc1. The van der Waals surface area contributed by atoms with E-state index in [1.807, 2.05) is 79.7 Å². The van der Waals surface area contributed by atoms with Crippen LogP contribution in [0.25, 0.3) is 17.1 Å². The van der Waals surface area contributed by atoms with Crippen LogP contribution in [-0.4, -0.2) is 35.0 Å². The molecule has 0 aliphatic heterocycles. The second-order valence-electron chi connectivity index (χ2n) is 8.97. The molecule has 9 heteroatoms. The van der Waals surface area contributed by atoms with Crippen molar-refractivity contribution in [3.63, 3.8) is 0 Å². The molecule has 37 heavy (non-hydrogen) atoms. The summed E-state index contributed by atoms with van der Waals surface area (Å²) in [5.41, 5.74) is 4.68. The van der Waals surface area contributed by atoms with Gasteiger partial charge in [-0.05, 0) is 58.7 Å². The van der Waals surface area contributed by atoms with Crippen LogP contribution in [0.3, 0.4) is 0 Å². The van der Waals surface area contributed by atoms with E-state index in [1.165, 1.54) is 4.68 Å². The summed E-state index contributed by atoms with van der Waals surface area (Å²) in [7, 11) is 0. The number of aromatic nitrogens is 7. The molecular formula is C28H29N7O2. The van der Waals surface area contributed by atoms with Crippen LogP contribution in [0.15, 0.2) is 77.6 Å². The van der Waals surface area contributed by atoms with Gasteiger partial charge in [0.2, 0.25) is 0 Å². The van der Waals surface area contributed by atoms with E-state index in [1.54, 1.807) is 4.57 Å². The van der Waals surface area contributed by atoms with Crippen LogP contribution in [0.4, 0.5) is 0 Å². The summed E-state index contributed by atoms with van der Waals surface area (Å²) >= 11 is 0. The van der Waals surface area contributed by atoms with E-state index in [4.69, 9.17) is 9.84 Å². The van der Waals surface area contributed by atoms with Crippen LogP contribution in [0, 0.1) is 6.92 Å². The number of ether oxygens (including phenoxy) is 1. The molecule has 2 aromatic heterocycles. The normalized spacial score (nSPS) is 11.1. The van der Waals surface area contributed by atoms with Gasteiger partial charge in [0.25, 0.3) is 0 Å². The highest BCUT2D eigenvalue weighted by atomic mass is 16.5. The fourth-order valence-corrected chi connectivity index (χ4v) is 4.15. The first-order valence-corrected chi connectivity index (χ1v) is 12.4. The number of aryl methyl sites for hydroxylation is 2. The summed E-state index contributed by atoms with van der Waals surface area (Å²) in [5.74, 6) is 2.20. The highest BCUT2D eigenvalue weighted by Gasteiger charge is 2.16. The number of para-hydroxylation sites is 1. The van der Waals surface area contributed by atoms with Crippen molar-refractivity contribution in [2.75, 3.05) is 0 Å². The molecule has 0 atom stereocenters. The molecule has 5 rings (SSSR count). The van der Waals surface area contributed by atoms with Gasteiger partial charge in [-0.3, -0.25) is 4.57 Å². The zero-order chi connectivity index (χ0) is 25.6. The van der Waals surface area contributed by atoms with Gasteiger partial charge in [0.15, 0.2) is 5.82 Å². The van der Waals surface area contributed by atoms with Crippen LogP contribution in [-0.2, 0) is 19.6 Å². The third-order valence-electron chi connectivity index (χ3n) is 6.28. The second kappa shape index (κ2) is 11.0. The first kappa shape index (κ1) is 24.2. The summed E-state index contributed by atoms with van der Waals surface area (Å²) in [6.45, 7) is 5.04. The smallest absolute Gasteiger partial charge is 0.351 e. The first-order chi connectivity index (χ1) is 18.1. The Bertz CT molecular complexity index is 1500. The molecule has 0 fully saturated rings. The standard InChI is InChI=1S/C28H29N7O2/c1-3-4-9-26-31-35(25-8-6-5-7-20(25)2)28(36)34(26)18-21-12-16-24(17-13-21)37-19-22-10-14-23(15-11-22)27-29-32-33-30-27/h5-8,10-17H,3-4,9,18-19H2,1-2H3,(H,29,30,32,33). The molecular weight excluding hydrogens is 466 g/mol. The number of hydrogen-bond acceptors (Lipinski definition) is 6. The maximum atomic E-state index is 13.4. The number of rotatable bonds is 10. The Morgan fingerprint density at radius 1 is 0.946 bits per heavy atom. The number of H-pyrrole nitrogens is 1. The maximum absolute atomic E-state index is 13.4. The lowest BCUT2D eigenvalue weighted by atomic mass is 10.1. The van der Waals surface area contributed by atoms with Gasteiger partial charge in [0.1, 0.15) is 18.2 Å². The lowest BCUT2D eigenvalue weighted by Gasteiger charge is -2.09. The highest BCUT2D eigenvalue weighted by Crippen LogP contribution is 2.18. The van der Waals surface area contributed by atoms with Crippen molar-refractivity contribution in [2.24, 2.45) is 0 Å². The zero-order valence-electron chi connectivity index (χ0n) is 21.0. The van der Waals surface area contributed by atoms with Crippen molar-refractivity contribution in [3.8, 4) is 22.8 Å². The molecule has 2 heterocycles.